The summed E-state index contributed by atoms with van der Waals surface area (Å²) in [6.45, 7) is 1.83. The standard InChI is InChI=1S/C24H26N2O3/c27-24(25-10-9-18-15-26-21-4-2-1-3-19(18)21)14-20(16-5-6-16)17-7-8-22-23(13-17)29-12-11-28-22/h1-4,7-8,13,15-16,20,26H,5-6,9-12,14H2,(H,25,27). The molecule has 1 atom stereocenters. The van der Waals surface area contributed by atoms with E-state index in [0.717, 1.165) is 23.4 Å². The quantitative estimate of drug-likeness (QED) is 0.636. The highest BCUT2D eigenvalue weighted by Crippen LogP contribution is 2.46. The van der Waals surface area contributed by atoms with Crippen molar-refractivity contribution in [3.63, 3.8) is 0 Å². The van der Waals surface area contributed by atoms with E-state index in [0.29, 0.717) is 32.1 Å². The summed E-state index contributed by atoms with van der Waals surface area (Å²) in [5.41, 5.74) is 3.57. The van der Waals surface area contributed by atoms with Gasteiger partial charge in [0, 0.05) is 30.1 Å². The Morgan fingerprint density at radius 2 is 1.93 bits per heavy atom. The van der Waals surface area contributed by atoms with Crippen molar-refractivity contribution >= 4 is 16.8 Å². The van der Waals surface area contributed by atoms with Crippen LogP contribution in [0.5, 0.6) is 11.5 Å². The number of hydrogen-bond donors (Lipinski definition) is 2. The van der Waals surface area contributed by atoms with Crippen LogP contribution in [-0.2, 0) is 11.2 Å². The molecular formula is C24H26N2O3. The molecule has 5 rings (SSSR count). The highest BCUT2D eigenvalue weighted by Gasteiger charge is 2.34. The Kier molecular flexibility index (Phi) is 4.88. The topological polar surface area (TPSA) is 63.4 Å². The minimum Gasteiger partial charge on any atom is -0.486 e. The Bertz CT molecular complexity index is 1020. The average Bonchev–Trinajstić information content (AvgIpc) is 3.52. The van der Waals surface area contributed by atoms with Crippen molar-refractivity contribution in [1.29, 1.82) is 0 Å². The molecule has 2 aliphatic rings. The maximum absolute atomic E-state index is 12.7. The first-order valence-electron chi connectivity index (χ1n) is 10.5. The van der Waals surface area contributed by atoms with E-state index < -0.39 is 0 Å². The molecule has 1 amide bonds. The van der Waals surface area contributed by atoms with Crippen molar-refractivity contribution in [1.82, 2.24) is 10.3 Å². The fourth-order valence-electron chi connectivity index (χ4n) is 4.29. The lowest BCUT2D eigenvalue weighted by molar-refractivity contribution is -0.121. The van der Waals surface area contributed by atoms with Gasteiger partial charge in [-0.1, -0.05) is 24.3 Å². The molecule has 0 radical (unpaired) electrons. The van der Waals surface area contributed by atoms with E-state index in [1.54, 1.807) is 0 Å². The van der Waals surface area contributed by atoms with Crippen LogP contribution in [-0.4, -0.2) is 30.6 Å². The summed E-state index contributed by atoms with van der Waals surface area (Å²) in [6.07, 6.45) is 5.79. The second-order valence-electron chi connectivity index (χ2n) is 8.01. The number of carbonyl (C=O) groups is 1. The number of H-pyrrole nitrogens is 1. The number of amides is 1. The van der Waals surface area contributed by atoms with Gasteiger partial charge in [-0.15, -0.1) is 0 Å². The molecule has 5 heteroatoms. The van der Waals surface area contributed by atoms with Gasteiger partial charge in [-0.3, -0.25) is 4.79 Å². The van der Waals surface area contributed by atoms with E-state index in [4.69, 9.17) is 9.47 Å². The maximum atomic E-state index is 12.7. The number of carbonyl (C=O) groups excluding carboxylic acids is 1. The number of benzene rings is 2. The lowest BCUT2D eigenvalue weighted by Crippen LogP contribution is -2.27. The van der Waals surface area contributed by atoms with Crippen molar-refractivity contribution in [2.75, 3.05) is 19.8 Å². The Morgan fingerprint density at radius 1 is 1.10 bits per heavy atom. The average molecular weight is 390 g/mol. The summed E-state index contributed by atoms with van der Waals surface area (Å²) in [5, 5.41) is 4.35. The van der Waals surface area contributed by atoms with Gasteiger partial charge < -0.3 is 19.8 Å². The smallest absolute Gasteiger partial charge is 0.220 e. The fraction of sp³-hybridized carbons (Fsp3) is 0.375. The highest BCUT2D eigenvalue weighted by atomic mass is 16.6. The molecule has 5 nitrogen and oxygen atoms in total. The largest absolute Gasteiger partial charge is 0.486 e. The molecule has 1 aliphatic heterocycles. The number of hydrogen-bond acceptors (Lipinski definition) is 3. The molecule has 1 unspecified atom stereocenters. The SMILES string of the molecule is O=C(CC(c1ccc2c(c1)OCCO2)C1CC1)NCCc1c[nH]c2ccccc12. The molecule has 2 N–H and O–H groups in total. The molecule has 2 heterocycles. The van der Waals surface area contributed by atoms with Gasteiger partial charge in [0.25, 0.3) is 0 Å². The predicted octanol–water partition coefficient (Wildman–Crippen LogP) is 4.18. The predicted molar refractivity (Wildman–Crippen MR) is 113 cm³/mol. The fourth-order valence-corrected chi connectivity index (χ4v) is 4.29. The van der Waals surface area contributed by atoms with E-state index >= 15 is 0 Å². The molecule has 0 saturated heterocycles. The van der Waals surface area contributed by atoms with Gasteiger partial charge in [0.05, 0.1) is 0 Å². The molecule has 0 bridgehead atoms. The van der Waals surface area contributed by atoms with Gasteiger partial charge in [-0.05, 0) is 60.4 Å². The highest BCUT2D eigenvalue weighted by molar-refractivity contribution is 5.83. The zero-order chi connectivity index (χ0) is 19.6. The zero-order valence-electron chi connectivity index (χ0n) is 16.4. The van der Waals surface area contributed by atoms with Crippen LogP contribution in [0.25, 0.3) is 10.9 Å². The maximum Gasteiger partial charge on any atom is 0.220 e. The molecule has 0 spiro atoms. The Morgan fingerprint density at radius 3 is 2.79 bits per heavy atom. The van der Waals surface area contributed by atoms with Gasteiger partial charge in [0.15, 0.2) is 11.5 Å². The summed E-state index contributed by atoms with van der Waals surface area (Å²) in [4.78, 5) is 16.0. The number of fused-ring (bicyclic) bond motifs is 2. The van der Waals surface area contributed by atoms with E-state index in [-0.39, 0.29) is 11.8 Å². The molecule has 29 heavy (non-hydrogen) atoms. The number of para-hydroxylation sites is 1. The number of aromatic nitrogens is 1. The third kappa shape index (κ3) is 3.95. The van der Waals surface area contributed by atoms with Crippen molar-refractivity contribution in [2.45, 2.75) is 31.6 Å². The van der Waals surface area contributed by atoms with Crippen LogP contribution in [0.2, 0.25) is 0 Å². The van der Waals surface area contributed by atoms with Crippen molar-refractivity contribution < 1.29 is 14.3 Å². The summed E-state index contributed by atoms with van der Waals surface area (Å²) in [6, 6.07) is 14.4. The van der Waals surface area contributed by atoms with E-state index in [2.05, 4.69) is 34.6 Å². The molecule has 1 aliphatic carbocycles. The Balaban J connectivity index is 1.20. The van der Waals surface area contributed by atoms with Crippen LogP contribution in [0.3, 0.4) is 0 Å². The zero-order valence-corrected chi connectivity index (χ0v) is 16.4. The number of nitrogens with one attached hydrogen (secondary N) is 2. The van der Waals surface area contributed by atoms with Gasteiger partial charge in [0.2, 0.25) is 5.91 Å². The van der Waals surface area contributed by atoms with E-state index in [1.807, 2.05) is 24.4 Å². The lowest BCUT2D eigenvalue weighted by atomic mass is 9.90. The first-order valence-corrected chi connectivity index (χ1v) is 10.5. The van der Waals surface area contributed by atoms with Crippen LogP contribution < -0.4 is 14.8 Å². The van der Waals surface area contributed by atoms with Crippen LogP contribution in [0.15, 0.2) is 48.7 Å². The molecule has 3 aromatic rings. The normalized spacial score (nSPS) is 16.6. The van der Waals surface area contributed by atoms with Crippen LogP contribution >= 0.6 is 0 Å². The van der Waals surface area contributed by atoms with Crippen molar-refractivity contribution in [3.05, 3.63) is 59.8 Å². The van der Waals surface area contributed by atoms with Crippen LogP contribution in [0.1, 0.15) is 36.3 Å². The van der Waals surface area contributed by atoms with E-state index in [9.17, 15) is 4.79 Å². The number of aromatic amines is 1. The molecule has 1 aromatic heterocycles. The van der Waals surface area contributed by atoms with Crippen molar-refractivity contribution in [2.24, 2.45) is 5.92 Å². The first-order chi connectivity index (χ1) is 14.3. The summed E-state index contributed by atoms with van der Waals surface area (Å²) in [7, 11) is 0. The molecule has 1 fully saturated rings. The van der Waals surface area contributed by atoms with Gasteiger partial charge in [-0.2, -0.15) is 0 Å². The summed E-state index contributed by atoms with van der Waals surface area (Å²) < 4.78 is 11.4. The summed E-state index contributed by atoms with van der Waals surface area (Å²) in [5.74, 6) is 2.57. The Labute approximate surface area is 170 Å². The monoisotopic (exact) mass is 390 g/mol. The molecule has 150 valence electrons. The second-order valence-corrected chi connectivity index (χ2v) is 8.01. The minimum atomic E-state index is 0.122. The van der Waals surface area contributed by atoms with Gasteiger partial charge in [0.1, 0.15) is 13.2 Å². The lowest BCUT2D eigenvalue weighted by Gasteiger charge is -2.22. The number of rotatable bonds is 7. The third-order valence-electron chi connectivity index (χ3n) is 5.98. The molecular weight excluding hydrogens is 364 g/mol. The third-order valence-corrected chi connectivity index (χ3v) is 5.98. The summed E-state index contributed by atoms with van der Waals surface area (Å²) >= 11 is 0. The van der Waals surface area contributed by atoms with E-state index in [1.165, 1.54) is 29.4 Å². The minimum absolute atomic E-state index is 0.122. The second kappa shape index (κ2) is 7.82. The van der Waals surface area contributed by atoms with Crippen LogP contribution in [0, 0.1) is 5.92 Å². The molecule has 2 aromatic carbocycles. The molecule has 1 saturated carbocycles. The first kappa shape index (κ1) is 18.1. The van der Waals surface area contributed by atoms with Gasteiger partial charge >= 0.3 is 0 Å². The van der Waals surface area contributed by atoms with Crippen molar-refractivity contribution in [3.8, 4) is 11.5 Å². The van der Waals surface area contributed by atoms with Gasteiger partial charge in [-0.25, -0.2) is 0 Å². The Hall–Kier alpha value is -2.95. The van der Waals surface area contributed by atoms with Crippen LogP contribution in [0.4, 0.5) is 0 Å². The number of ether oxygens (including phenoxy) is 2.